The highest BCUT2D eigenvalue weighted by Gasteiger charge is 2.40. The topological polar surface area (TPSA) is 79.8 Å². The Morgan fingerprint density at radius 2 is 2.11 bits per heavy atom. The minimum absolute atomic E-state index is 0.0347. The van der Waals surface area contributed by atoms with Gasteiger partial charge >= 0.3 is 0 Å². The van der Waals surface area contributed by atoms with Crippen molar-refractivity contribution in [2.45, 2.75) is 24.9 Å². The van der Waals surface area contributed by atoms with Crippen molar-refractivity contribution in [1.82, 2.24) is 18.9 Å². The average molecular weight is 384 g/mol. The van der Waals surface area contributed by atoms with Crippen LogP contribution in [0.2, 0.25) is 0 Å². The average Bonchev–Trinajstić information content (AvgIpc) is 3.12. The molecule has 0 saturated carbocycles. The van der Waals surface area contributed by atoms with Crippen molar-refractivity contribution in [3.63, 3.8) is 0 Å². The number of likely N-dealkylation sites (tertiary alicyclic amines) is 1. The molecule has 5 heterocycles. The molecule has 0 amide bonds. The number of aromatic nitrogens is 3. The Labute approximate surface area is 159 Å². The number of nitrogens with zero attached hydrogens (tertiary/aromatic N) is 4. The zero-order chi connectivity index (χ0) is 18.5. The van der Waals surface area contributed by atoms with E-state index in [1.807, 2.05) is 11.4 Å². The molecule has 2 aliphatic heterocycles. The maximum atomic E-state index is 12.4. The van der Waals surface area contributed by atoms with Crippen molar-refractivity contribution in [2.24, 2.45) is 5.92 Å². The number of aliphatic hydroxyl groups is 1. The predicted octanol–water partition coefficient (Wildman–Crippen LogP) is 1.07. The lowest BCUT2D eigenvalue weighted by molar-refractivity contribution is 0.0575. The summed E-state index contributed by atoms with van der Waals surface area (Å²) in [6, 6.07) is 6.78. The Kier molecular flexibility index (Phi) is 3.99. The van der Waals surface area contributed by atoms with Gasteiger partial charge in [0.25, 0.3) is 11.1 Å². The lowest BCUT2D eigenvalue weighted by Crippen LogP contribution is -2.50. The number of pyridine rings is 1. The van der Waals surface area contributed by atoms with Gasteiger partial charge in [-0.2, -0.15) is 0 Å². The Balaban J connectivity index is 1.47. The van der Waals surface area contributed by atoms with Crippen molar-refractivity contribution in [1.29, 1.82) is 0 Å². The van der Waals surface area contributed by atoms with E-state index in [9.17, 15) is 14.7 Å². The van der Waals surface area contributed by atoms with Gasteiger partial charge in [0.1, 0.15) is 0 Å². The second kappa shape index (κ2) is 6.40. The molecule has 2 bridgehead atoms. The third kappa shape index (κ3) is 2.75. The van der Waals surface area contributed by atoms with Crippen LogP contribution in [0.15, 0.2) is 45.4 Å². The number of fused-ring (bicyclic) bond motifs is 5. The first kappa shape index (κ1) is 16.9. The van der Waals surface area contributed by atoms with Gasteiger partial charge in [0.15, 0.2) is 4.96 Å². The number of aliphatic hydroxyl groups excluding tert-OH is 1. The summed E-state index contributed by atoms with van der Waals surface area (Å²) in [5.74, 6) is 0.472. The molecule has 8 heteroatoms. The fraction of sp³-hybridized carbons (Fsp3) is 0.421. The van der Waals surface area contributed by atoms with Gasteiger partial charge in [-0.05, 0) is 18.4 Å². The largest absolute Gasteiger partial charge is 0.394 e. The van der Waals surface area contributed by atoms with Crippen LogP contribution >= 0.6 is 11.3 Å². The smallest absolute Gasteiger partial charge is 0.258 e. The lowest BCUT2D eigenvalue weighted by Gasteiger charge is -2.46. The van der Waals surface area contributed by atoms with Gasteiger partial charge in [-0.25, -0.2) is 4.98 Å². The normalized spacial score (nSPS) is 24.9. The summed E-state index contributed by atoms with van der Waals surface area (Å²) in [5, 5.41) is 11.8. The monoisotopic (exact) mass is 384 g/mol. The highest BCUT2D eigenvalue weighted by atomic mass is 32.1. The van der Waals surface area contributed by atoms with Gasteiger partial charge in [-0.15, -0.1) is 11.3 Å². The first-order valence-corrected chi connectivity index (χ1v) is 10.0. The number of hydrogen-bond donors (Lipinski definition) is 1. The molecule has 3 aromatic heterocycles. The van der Waals surface area contributed by atoms with Gasteiger partial charge in [0, 0.05) is 55.0 Å². The van der Waals surface area contributed by atoms with E-state index in [1.165, 1.54) is 11.3 Å². The molecule has 140 valence electrons. The molecule has 1 N–H and O–H groups in total. The Bertz CT molecular complexity index is 1120. The van der Waals surface area contributed by atoms with Crippen LogP contribution in [0, 0.1) is 5.92 Å². The van der Waals surface area contributed by atoms with Crippen LogP contribution in [0.3, 0.4) is 0 Å². The van der Waals surface area contributed by atoms with Gasteiger partial charge in [-0.3, -0.25) is 18.9 Å². The Morgan fingerprint density at radius 3 is 2.96 bits per heavy atom. The van der Waals surface area contributed by atoms with Crippen LogP contribution in [-0.4, -0.2) is 43.7 Å². The Morgan fingerprint density at radius 1 is 1.22 bits per heavy atom. The Hall–Kier alpha value is -2.29. The van der Waals surface area contributed by atoms with Crippen LogP contribution < -0.4 is 11.1 Å². The summed E-state index contributed by atoms with van der Waals surface area (Å²) in [7, 11) is 0. The molecule has 0 spiro atoms. The lowest BCUT2D eigenvalue weighted by atomic mass is 9.78. The van der Waals surface area contributed by atoms with Crippen molar-refractivity contribution in [3.8, 4) is 0 Å². The molecule has 3 atom stereocenters. The molecule has 27 heavy (non-hydrogen) atoms. The van der Waals surface area contributed by atoms with E-state index in [1.54, 1.807) is 33.4 Å². The minimum Gasteiger partial charge on any atom is -0.394 e. The fourth-order valence-corrected chi connectivity index (χ4v) is 5.44. The summed E-state index contributed by atoms with van der Waals surface area (Å²) in [6.07, 6.45) is 2.72. The zero-order valence-corrected chi connectivity index (χ0v) is 15.5. The standard InChI is InChI=1S/C19H20N4O3S/c24-11-16-13-6-12(15-2-1-3-17(25)23(15)16)8-21(9-13)10-14-7-18(26)22-4-5-27-19(22)20-14/h1-5,7,12-13,16,24H,6,8-11H2/t12-,13+,16+/m1/s1. The van der Waals surface area contributed by atoms with E-state index in [0.717, 1.165) is 30.9 Å². The van der Waals surface area contributed by atoms with Crippen molar-refractivity contribution in [3.05, 3.63) is 67.9 Å². The van der Waals surface area contributed by atoms with E-state index in [0.29, 0.717) is 11.5 Å². The van der Waals surface area contributed by atoms with Crippen molar-refractivity contribution in [2.75, 3.05) is 19.7 Å². The summed E-state index contributed by atoms with van der Waals surface area (Å²) >= 11 is 1.45. The molecule has 1 saturated heterocycles. The van der Waals surface area contributed by atoms with E-state index in [2.05, 4.69) is 9.88 Å². The van der Waals surface area contributed by atoms with Crippen molar-refractivity contribution < 1.29 is 5.11 Å². The molecule has 0 aromatic carbocycles. The maximum absolute atomic E-state index is 12.4. The van der Waals surface area contributed by atoms with Crippen LogP contribution in [-0.2, 0) is 6.54 Å². The van der Waals surface area contributed by atoms with E-state index >= 15 is 0 Å². The second-order valence-corrected chi connectivity index (χ2v) is 8.31. The quantitative estimate of drug-likeness (QED) is 0.731. The van der Waals surface area contributed by atoms with Crippen molar-refractivity contribution >= 4 is 16.3 Å². The molecule has 5 rings (SSSR count). The number of thiazole rings is 1. The number of hydrogen-bond acceptors (Lipinski definition) is 6. The number of rotatable bonds is 3. The van der Waals surface area contributed by atoms with Gasteiger partial charge < -0.3 is 9.67 Å². The summed E-state index contributed by atoms with van der Waals surface area (Å²) in [4.78, 5) is 32.2. The van der Waals surface area contributed by atoms with Gasteiger partial charge in [-0.1, -0.05) is 6.07 Å². The maximum Gasteiger partial charge on any atom is 0.258 e. The number of piperidine rings is 1. The third-order valence-electron chi connectivity index (χ3n) is 5.80. The highest BCUT2D eigenvalue weighted by molar-refractivity contribution is 7.15. The predicted molar refractivity (Wildman–Crippen MR) is 102 cm³/mol. The zero-order valence-electron chi connectivity index (χ0n) is 14.7. The third-order valence-corrected chi connectivity index (χ3v) is 6.56. The molecule has 0 radical (unpaired) electrons. The summed E-state index contributed by atoms with van der Waals surface area (Å²) < 4.78 is 3.35. The summed E-state index contributed by atoms with van der Waals surface area (Å²) in [5.41, 5.74) is 1.68. The minimum atomic E-state index is -0.189. The molecular weight excluding hydrogens is 364 g/mol. The van der Waals surface area contributed by atoms with Crippen LogP contribution in [0.1, 0.15) is 29.8 Å². The fourth-order valence-electron chi connectivity index (χ4n) is 4.70. The SMILES string of the molecule is O=c1cccc2n1[C@@H](CO)[C@H]1C[C@@H]2CN(Cc2cc(=O)n3ccsc3n2)C1. The van der Waals surface area contributed by atoms with Crippen LogP contribution in [0.5, 0.6) is 0 Å². The van der Waals surface area contributed by atoms with E-state index in [4.69, 9.17) is 0 Å². The highest BCUT2D eigenvalue weighted by Crippen LogP contribution is 2.41. The second-order valence-electron chi connectivity index (χ2n) is 7.44. The molecule has 0 aliphatic carbocycles. The van der Waals surface area contributed by atoms with E-state index in [-0.39, 0.29) is 35.6 Å². The summed E-state index contributed by atoms with van der Waals surface area (Å²) in [6.45, 7) is 2.17. The van der Waals surface area contributed by atoms with Crippen LogP contribution in [0.25, 0.3) is 4.96 Å². The first-order chi connectivity index (χ1) is 13.1. The van der Waals surface area contributed by atoms with Crippen LogP contribution in [0.4, 0.5) is 0 Å². The molecule has 7 nitrogen and oxygen atoms in total. The first-order valence-electron chi connectivity index (χ1n) is 9.14. The molecule has 2 aliphatic rings. The molecular formula is C19H20N4O3S. The van der Waals surface area contributed by atoms with Gasteiger partial charge in [0.05, 0.1) is 18.3 Å². The molecule has 1 fully saturated rings. The van der Waals surface area contributed by atoms with Gasteiger partial charge in [0.2, 0.25) is 0 Å². The molecule has 0 unspecified atom stereocenters. The van der Waals surface area contributed by atoms with E-state index < -0.39 is 0 Å². The molecule has 3 aromatic rings.